The van der Waals surface area contributed by atoms with Crippen LogP contribution in [0.15, 0.2) is 30.3 Å². The van der Waals surface area contributed by atoms with Crippen molar-refractivity contribution in [1.82, 2.24) is 14.9 Å². The van der Waals surface area contributed by atoms with E-state index in [4.69, 9.17) is 4.98 Å². The summed E-state index contributed by atoms with van der Waals surface area (Å²) in [6.07, 6.45) is 2.60. The van der Waals surface area contributed by atoms with Crippen LogP contribution in [0.25, 0.3) is 0 Å². The first kappa shape index (κ1) is 17.1. The molecule has 1 aromatic heterocycles. The molecule has 2 aromatic rings. The highest BCUT2D eigenvalue weighted by Crippen LogP contribution is 2.24. The van der Waals surface area contributed by atoms with Crippen LogP contribution in [0, 0.1) is 6.92 Å². The Labute approximate surface area is 155 Å². The van der Waals surface area contributed by atoms with Crippen molar-refractivity contribution < 1.29 is 0 Å². The predicted molar refractivity (Wildman–Crippen MR) is 108 cm³/mol. The molecule has 0 amide bonds. The van der Waals surface area contributed by atoms with Crippen LogP contribution in [0.1, 0.15) is 18.5 Å². The zero-order chi connectivity index (χ0) is 17.9. The summed E-state index contributed by atoms with van der Waals surface area (Å²) in [5.41, 5.74) is 3.37. The van der Waals surface area contributed by atoms with E-state index in [0.717, 1.165) is 49.3 Å². The van der Waals surface area contributed by atoms with Crippen LogP contribution < -0.4 is 15.1 Å². The highest BCUT2D eigenvalue weighted by molar-refractivity contribution is 5.62. The second-order valence-corrected chi connectivity index (χ2v) is 7.35. The Morgan fingerprint density at radius 2 is 1.54 bits per heavy atom. The third-order valence-electron chi connectivity index (χ3n) is 5.24. The molecule has 2 saturated heterocycles. The fraction of sp³-hybridized carbons (Fsp3) is 0.500. The molecule has 4 rings (SSSR count). The number of aryl methyl sites for hydroxylation is 1. The van der Waals surface area contributed by atoms with Gasteiger partial charge < -0.3 is 20.0 Å². The maximum atomic E-state index is 4.75. The Kier molecular flexibility index (Phi) is 4.93. The standard InChI is InChI=1S/C20H28N6/c1-16-15-19(23-20(21-16)26-13-11-24(2)12-14-26)22-17-5-7-18(8-6-17)25-9-3-4-10-25/h5-8,15H,3-4,9-14H2,1-2H3,(H,21,22,23). The van der Waals surface area contributed by atoms with Crippen LogP contribution in [0.5, 0.6) is 0 Å². The third kappa shape index (κ3) is 3.90. The summed E-state index contributed by atoms with van der Waals surface area (Å²) in [4.78, 5) is 16.5. The normalized spacial score (nSPS) is 18.4. The van der Waals surface area contributed by atoms with E-state index in [1.54, 1.807) is 0 Å². The van der Waals surface area contributed by atoms with Gasteiger partial charge in [-0.15, -0.1) is 0 Å². The van der Waals surface area contributed by atoms with E-state index in [-0.39, 0.29) is 0 Å². The molecule has 1 aromatic carbocycles. The maximum absolute atomic E-state index is 4.75. The van der Waals surface area contributed by atoms with Gasteiger partial charge in [0.15, 0.2) is 0 Å². The highest BCUT2D eigenvalue weighted by atomic mass is 15.3. The molecular formula is C20H28N6. The number of piperazine rings is 1. The van der Waals surface area contributed by atoms with E-state index in [0.29, 0.717) is 0 Å². The zero-order valence-corrected chi connectivity index (χ0v) is 15.8. The van der Waals surface area contributed by atoms with E-state index in [9.17, 15) is 0 Å². The molecule has 0 saturated carbocycles. The summed E-state index contributed by atoms with van der Waals surface area (Å²) in [7, 11) is 2.16. The summed E-state index contributed by atoms with van der Waals surface area (Å²) < 4.78 is 0. The van der Waals surface area contributed by atoms with Crippen molar-refractivity contribution in [3.63, 3.8) is 0 Å². The number of rotatable bonds is 4. The van der Waals surface area contributed by atoms with Crippen LogP contribution in [0.4, 0.5) is 23.1 Å². The molecule has 2 fully saturated rings. The lowest BCUT2D eigenvalue weighted by Crippen LogP contribution is -2.45. The molecular weight excluding hydrogens is 324 g/mol. The SMILES string of the molecule is Cc1cc(Nc2ccc(N3CCCC3)cc2)nc(N2CCN(C)CC2)n1. The van der Waals surface area contributed by atoms with Gasteiger partial charge in [-0.25, -0.2) is 4.98 Å². The van der Waals surface area contributed by atoms with Crippen molar-refractivity contribution in [3.8, 4) is 0 Å². The Bertz CT molecular complexity index is 730. The van der Waals surface area contributed by atoms with Gasteiger partial charge in [-0.05, 0) is 51.1 Å². The van der Waals surface area contributed by atoms with E-state index in [1.165, 1.54) is 31.6 Å². The topological polar surface area (TPSA) is 47.5 Å². The molecule has 138 valence electrons. The minimum absolute atomic E-state index is 0.828. The molecule has 0 radical (unpaired) electrons. The first-order valence-electron chi connectivity index (χ1n) is 9.58. The monoisotopic (exact) mass is 352 g/mol. The Morgan fingerprint density at radius 3 is 2.23 bits per heavy atom. The van der Waals surface area contributed by atoms with Crippen LogP contribution >= 0.6 is 0 Å². The fourth-order valence-electron chi connectivity index (χ4n) is 3.64. The fourth-order valence-corrected chi connectivity index (χ4v) is 3.64. The summed E-state index contributed by atoms with van der Waals surface area (Å²) in [5.74, 6) is 1.69. The molecule has 6 heteroatoms. The molecule has 6 nitrogen and oxygen atoms in total. The molecule has 0 atom stereocenters. The minimum atomic E-state index is 0.828. The molecule has 26 heavy (non-hydrogen) atoms. The molecule has 0 unspecified atom stereocenters. The number of hydrogen-bond acceptors (Lipinski definition) is 6. The minimum Gasteiger partial charge on any atom is -0.372 e. The van der Waals surface area contributed by atoms with Gasteiger partial charge in [0.25, 0.3) is 0 Å². The van der Waals surface area contributed by atoms with Crippen molar-refractivity contribution in [2.75, 3.05) is 61.4 Å². The third-order valence-corrected chi connectivity index (χ3v) is 5.24. The Morgan fingerprint density at radius 1 is 0.846 bits per heavy atom. The van der Waals surface area contributed by atoms with Crippen molar-refractivity contribution in [1.29, 1.82) is 0 Å². The predicted octanol–water partition coefficient (Wildman–Crippen LogP) is 2.88. The molecule has 1 N–H and O–H groups in total. The zero-order valence-electron chi connectivity index (χ0n) is 15.8. The van der Waals surface area contributed by atoms with Gasteiger partial charge >= 0.3 is 0 Å². The largest absolute Gasteiger partial charge is 0.372 e. The number of nitrogens with zero attached hydrogens (tertiary/aromatic N) is 5. The summed E-state index contributed by atoms with van der Waals surface area (Å²) in [6.45, 7) is 8.44. The molecule has 3 heterocycles. The van der Waals surface area contributed by atoms with E-state index in [2.05, 4.69) is 56.3 Å². The van der Waals surface area contributed by atoms with Gasteiger partial charge in [0.2, 0.25) is 5.95 Å². The number of hydrogen-bond donors (Lipinski definition) is 1. The molecule has 0 spiro atoms. The highest BCUT2D eigenvalue weighted by Gasteiger charge is 2.17. The van der Waals surface area contributed by atoms with E-state index >= 15 is 0 Å². The average molecular weight is 352 g/mol. The van der Waals surface area contributed by atoms with Crippen LogP contribution in [0.2, 0.25) is 0 Å². The van der Waals surface area contributed by atoms with Crippen molar-refractivity contribution in [2.45, 2.75) is 19.8 Å². The van der Waals surface area contributed by atoms with Crippen LogP contribution in [-0.4, -0.2) is 61.2 Å². The lowest BCUT2D eigenvalue weighted by Gasteiger charge is -2.32. The molecule has 2 aliphatic rings. The number of benzene rings is 1. The number of nitrogens with one attached hydrogen (secondary N) is 1. The molecule has 0 aliphatic carbocycles. The second kappa shape index (κ2) is 7.50. The van der Waals surface area contributed by atoms with Gasteiger partial charge in [0.1, 0.15) is 5.82 Å². The van der Waals surface area contributed by atoms with Gasteiger partial charge in [-0.3, -0.25) is 0 Å². The van der Waals surface area contributed by atoms with Gasteiger partial charge in [0.05, 0.1) is 0 Å². The van der Waals surface area contributed by atoms with E-state index in [1.807, 2.05) is 13.0 Å². The summed E-state index contributed by atoms with van der Waals surface area (Å²) >= 11 is 0. The maximum Gasteiger partial charge on any atom is 0.227 e. The molecule has 2 aliphatic heterocycles. The first-order valence-corrected chi connectivity index (χ1v) is 9.58. The number of anilines is 4. The van der Waals surface area contributed by atoms with Crippen molar-refractivity contribution in [3.05, 3.63) is 36.0 Å². The van der Waals surface area contributed by atoms with Gasteiger partial charge in [-0.1, -0.05) is 0 Å². The van der Waals surface area contributed by atoms with Crippen LogP contribution in [0.3, 0.4) is 0 Å². The number of aromatic nitrogens is 2. The Hall–Kier alpha value is -2.34. The van der Waals surface area contributed by atoms with Crippen molar-refractivity contribution in [2.24, 2.45) is 0 Å². The quantitative estimate of drug-likeness (QED) is 0.913. The van der Waals surface area contributed by atoms with Gasteiger partial charge in [0, 0.05) is 62.4 Å². The lowest BCUT2D eigenvalue weighted by molar-refractivity contribution is 0.311. The molecule has 0 bridgehead atoms. The first-order chi connectivity index (χ1) is 12.7. The Balaban J connectivity index is 1.47. The van der Waals surface area contributed by atoms with E-state index < -0.39 is 0 Å². The van der Waals surface area contributed by atoms with Crippen molar-refractivity contribution >= 4 is 23.1 Å². The smallest absolute Gasteiger partial charge is 0.227 e. The average Bonchev–Trinajstić information content (AvgIpc) is 3.17. The van der Waals surface area contributed by atoms with Gasteiger partial charge in [-0.2, -0.15) is 4.98 Å². The summed E-state index contributed by atoms with van der Waals surface area (Å²) in [5, 5.41) is 3.44. The lowest BCUT2D eigenvalue weighted by atomic mass is 10.2. The summed E-state index contributed by atoms with van der Waals surface area (Å²) in [6, 6.07) is 10.7. The second-order valence-electron chi connectivity index (χ2n) is 7.35. The van der Waals surface area contributed by atoms with Crippen LogP contribution in [-0.2, 0) is 0 Å². The number of likely N-dealkylation sites (N-methyl/N-ethyl adjacent to an activating group) is 1.